The van der Waals surface area contributed by atoms with Crippen LogP contribution in [0.5, 0.6) is 0 Å². The molecule has 0 spiro atoms. The second kappa shape index (κ2) is 5.94. The molecular weight excluding hydrogens is 316 g/mol. The first-order valence-corrected chi connectivity index (χ1v) is 8.62. The molecule has 0 heterocycles. The molecule has 0 radical (unpaired) electrons. The first kappa shape index (κ1) is 15.6. The van der Waals surface area contributed by atoms with Crippen molar-refractivity contribution in [1.29, 1.82) is 0 Å². The Balaban J connectivity index is 2.17. The molecule has 0 bridgehead atoms. The van der Waals surface area contributed by atoms with Crippen molar-refractivity contribution in [2.75, 3.05) is 0 Å². The Morgan fingerprint density at radius 3 is 1.57 bits per heavy atom. The SMILES string of the molecule is Cc1ccc(S(=O)(=O)OOS(=O)(=O)c2ccccc2)cc1. The van der Waals surface area contributed by atoms with Gasteiger partial charge in [0.1, 0.15) is 0 Å². The van der Waals surface area contributed by atoms with E-state index in [1.807, 2.05) is 0 Å². The van der Waals surface area contributed by atoms with E-state index in [-0.39, 0.29) is 9.79 Å². The van der Waals surface area contributed by atoms with E-state index >= 15 is 0 Å². The van der Waals surface area contributed by atoms with Gasteiger partial charge in [-0.2, -0.15) is 16.8 Å². The number of aryl methyl sites for hydroxylation is 1. The van der Waals surface area contributed by atoms with Crippen molar-refractivity contribution in [3.05, 3.63) is 60.2 Å². The van der Waals surface area contributed by atoms with Crippen LogP contribution in [0, 0.1) is 6.92 Å². The van der Waals surface area contributed by atoms with Gasteiger partial charge in [0, 0.05) is 0 Å². The standard InChI is InChI=1S/C13H12O6S2/c1-11-7-9-13(10-8-11)21(16,17)19-18-20(14,15)12-5-3-2-4-6-12/h2-10H,1H3. The number of benzene rings is 2. The summed E-state index contributed by atoms with van der Waals surface area (Å²) in [5.74, 6) is 0. The highest BCUT2D eigenvalue weighted by Gasteiger charge is 2.23. The van der Waals surface area contributed by atoms with Gasteiger partial charge in [0.15, 0.2) is 0 Å². The van der Waals surface area contributed by atoms with E-state index in [2.05, 4.69) is 8.67 Å². The lowest BCUT2D eigenvalue weighted by molar-refractivity contribution is -0.0851. The third-order valence-corrected chi connectivity index (χ3v) is 4.83. The summed E-state index contributed by atoms with van der Waals surface area (Å²) in [7, 11) is -8.63. The van der Waals surface area contributed by atoms with Gasteiger partial charge in [-0.25, -0.2) is 0 Å². The third-order valence-electron chi connectivity index (χ3n) is 2.55. The summed E-state index contributed by atoms with van der Waals surface area (Å²) in [5, 5.41) is 0. The van der Waals surface area contributed by atoms with E-state index in [1.165, 1.54) is 36.4 Å². The summed E-state index contributed by atoms with van der Waals surface area (Å²) >= 11 is 0. The summed E-state index contributed by atoms with van der Waals surface area (Å²) in [5.41, 5.74) is 0.853. The van der Waals surface area contributed by atoms with E-state index in [1.54, 1.807) is 25.1 Å². The van der Waals surface area contributed by atoms with Gasteiger partial charge >= 0.3 is 20.2 Å². The van der Waals surface area contributed by atoms with Crippen LogP contribution in [-0.2, 0) is 28.9 Å². The van der Waals surface area contributed by atoms with Crippen molar-refractivity contribution < 1.29 is 25.5 Å². The molecule has 6 nitrogen and oxygen atoms in total. The Kier molecular flexibility index (Phi) is 4.43. The molecule has 0 aromatic heterocycles. The van der Waals surface area contributed by atoms with Gasteiger partial charge in [-0.05, 0) is 31.2 Å². The average Bonchev–Trinajstić information content (AvgIpc) is 2.47. The van der Waals surface area contributed by atoms with E-state index in [4.69, 9.17) is 0 Å². The molecule has 0 aliphatic rings. The zero-order valence-corrected chi connectivity index (χ0v) is 12.6. The van der Waals surface area contributed by atoms with Crippen molar-refractivity contribution in [3.8, 4) is 0 Å². The van der Waals surface area contributed by atoms with Crippen molar-refractivity contribution in [1.82, 2.24) is 0 Å². The zero-order chi connectivity index (χ0) is 15.5. The monoisotopic (exact) mass is 328 g/mol. The Bertz CT molecular complexity index is 809. The van der Waals surface area contributed by atoms with Crippen LogP contribution in [0.2, 0.25) is 0 Å². The van der Waals surface area contributed by atoms with E-state index < -0.39 is 20.2 Å². The van der Waals surface area contributed by atoms with Crippen LogP contribution < -0.4 is 0 Å². The lowest BCUT2D eigenvalue weighted by atomic mass is 10.2. The molecule has 2 aromatic carbocycles. The van der Waals surface area contributed by atoms with Crippen LogP contribution in [0.15, 0.2) is 64.4 Å². The fourth-order valence-corrected chi connectivity index (χ4v) is 3.15. The molecule has 0 saturated carbocycles. The van der Waals surface area contributed by atoms with Crippen molar-refractivity contribution in [2.24, 2.45) is 0 Å². The Morgan fingerprint density at radius 1 is 0.667 bits per heavy atom. The quantitative estimate of drug-likeness (QED) is 0.616. The molecule has 2 rings (SSSR count). The summed E-state index contributed by atoms with van der Waals surface area (Å²) in [6.07, 6.45) is 0. The first-order valence-electron chi connectivity index (χ1n) is 5.81. The van der Waals surface area contributed by atoms with Crippen molar-refractivity contribution in [3.63, 3.8) is 0 Å². The molecule has 2 aromatic rings. The smallest absolute Gasteiger partial charge is 0.192 e. The highest BCUT2D eigenvalue weighted by atomic mass is 32.2. The molecule has 8 heteroatoms. The van der Waals surface area contributed by atoms with Gasteiger partial charge in [0.05, 0.1) is 9.79 Å². The maximum absolute atomic E-state index is 11.8. The molecule has 21 heavy (non-hydrogen) atoms. The minimum Gasteiger partial charge on any atom is -0.192 e. The molecule has 0 saturated heterocycles. The second-order valence-electron chi connectivity index (χ2n) is 4.17. The van der Waals surface area contributed by atoms with Gasteiger partial charge in [-0.15, -0.1) is 0 Å². The van der Waals surface area contributed by atoms with Crippen LogP contribution in [0.1, 0.15) is 5.56 Å². The molecule has 0 unspecified atom stereocenters. The Hall–Kier alpha value is -1.74. The van der Waals surface area contributed by atoms with Crippen molar-refractivity contribution in [2.45, 2.75) is 16.7 Å². The summed E-state index contributed by atoms with van der Waals surface area (Å²) in [4.78, 5) is -0.402. The van der Waals surface area contributed by atoms with Crippen LogP contribution in [0.25, 0.3) is 0 Å². The molecule has 0 fully saturated rings. The maximum Gasteiger partial charge on any atom is 0.324 e. The van der Waals surface area contributed by atoms with Crippen LogP contribution in [0.4, 0.5) is 0 Å². The number of rotatable bonds is 5. The topological polar surface area (TPSA) is 86.7 Å². The van der Waals surface area contributed by atoms with Crippen LogP contribution in [0.3, 0.4) is 0 Å². The predicted octanol–water partition coefficient (Wildman–Crippen LogP) is 2.02. The minimum atomic E-state index is -4.32. The lowest BCUT2D eigenvalue weighted by Crippen LogP contribution is -2.13. The fourth-order valence-electron chi connectivity index (χ4n) is 1.44. The molecule has 112 valence electrons. The summed E-state index contributed by atoms with van der Waals surface area (Å²) in [6.45, 7) is 1.79. The zero-order valence-electron chi connectivity index (χ0n) is 11.0. The fraction of sp³-hybridized carbons (Fsp3) is 0.0769. The Labute approximate surface area is 123 Å². The van der Waals surface area contributed by atoms with Gasteiger partial charge in [0.25, 0.3) is 0 Å². The average molecular weight is 328 g/mol. The largest absolute Gasteiger partial charge is 0.324 e. The van der Waals surface area contributed by atoms with E-state index in [0.717, 1.165) is 5.56 Å². The second-order valence-corrected chi connectivity index (χ2v) is 7.20. The van der Waals surface area contributed by atoms with Crippen LogP contribution in [-0.4, -0.2) is 16.8 Å². The molecule has 0 amide bonds. The number of hydrogen-bond acceptors (Lipinski definition) is 6. The van der Waals surface area contributed by atoms with Crippen molar-refractivity contribution >= 4 is 20.2 Å². The molecule has 0 N–H and O–H groups in total. The lowest BCUT2D eigenvalue weighted by Gasteiger charge is -2.05. The Morgan fingerprint density at radius 2 is 1.10 bits per heavy atom. The number of hydrogen-bond donors (Lipinski definition) is 0. The third kappa shape index (κ3) is 3.88. The summed E-state index contributed by atoms with van der Waals surface area (Å²) in [6, 6.07) is 12.8. The maximum atomic E-state index is 11.8. The molecule has 0 aliphatic carbocycles. The normalized spacial score (nSPS) is 12.2. The first-order chi connectivity index (χ1) is 9.81. The minimum absolute atomic E-state index is 0.198. The van der Waals surface area contributed by atoms with Gasteiger partial charge < -0.3 is 0 Å². The predicted molar refractivity (Wildman–Crippen MR) is 74.2 cm³/mol. The van der Waals surface area contributed by atoms with Gasteiger partial charge in [0.2, 0.25) is 0 Å². The highest BCUT2D eigenvalue weighted by Crippen LogP contribution is 2.17. The van der Waals surface area contributed by atoms with Gasteiger partial charge in [-0.1, -0.05) is 44.6 Å². The highest BCUT2D eigenvalue weighted by molar-refractivity contribution is 7.89. The van der Waals surface area contributed by atoms with Gasteiger partial charge in [-0.3, -0.25) is 0 Å². The summed E-state index contributed by atoms with van der Waals surface area (Å²) < 4.78 is 55.4. The van der Waals surface area contributed by atoms with E-state index in [0.29, 0.717) is 0 Å². The molecular formula is C13H12O6S2. The molecule has 0 aliphatic heterocycles. The van der Waals surface area contributed by atoms with E-state index in [9.17, 15) is 16.8 Å². The molecule has 0 atom stereocenters. The van der Waals surface area contributed by atoms with Crippen LogP contribution >= 0.6 is 0 Å².